The van der Waals surface area contributed by atoms with Crippen LogP contribution < -0.4 is 5.32 Å². The van der Waals surface area contributed by atoms with Gasteiger partial charge in [-0.15, -0.1) is 11.3 Å². The van der Waals surface area contributed by atoms with E-state index in [2.05, 4.69) is 15.3 Å². The molecule has 0 saturated carbocycles. The molecule has 6 nitrogen and oxygen atoms in total. The summed E-state index contributed by atoms with van der Waals surface area (Å²) in [5.74, 6) is -0.663. The van der Waals surface area contributed by atoms with Gasteiger partial charge in [-0.2, -0.15) is 0 Å². The summed E-state index contributed by atoms with van der Waals surface area (Å²) in [5.41, 5.74) is 2.19. The normalized spacial score (nSPS) is 11.6. The van der Waals surface area contributed by atoms with E-state index in [-0.39, 0.29) is 18.3 Å². The molecule has 0 spiro atoms. The average Bonchev–Trinajstić information content (AvgIpc) is 3.10. The van der Waals surface area contributed by atoms with Gasteiger partial charge in [-0.25, -0.2) is 4.98 Å². The lowest BCUT2D eigenvalue weighted by Gasteiger charge is -2.18. The van der Waals surface area contributed by atoms with E-state index in [0.29, 0.717) is 15.6 Å². The predicted octanol–water partition coefficient (Wildman–Crippen LogP) is 3.55. The van der Waals surface area contributed by atoms with Crippen LogP contribution in [0.25, 0.3) is 10.7 Å². The molecule has 1 unspecified atom stereocenters. The first-order valence-electron chi connectivity index (χ1n) is 8.40. The molecular weight excluding hydrogens is 362 g/mol. The highest BCUT2D eigenvalue weighted by molar-refractivity contribution is 7.17. The van der Waals surface area contributed by atoms with E-state index in [1.807, 2.05) is 48.5 Å². The van der Waals surface area contributed by atoms with Crippen LogP contribution in [-0.2, 0) is 9.53 Å². The number of amides is 1. The predicted molar refractivity (Wildman–Crippen MR) is 103 cm³/mol. The number of carbonyl (C=O) groups is 2. The van der Waals surface area contributed by atoms with Gasteiger partial charge in [0.15, 0.2) is 0 Å². The fourth-order valence-corrected chi connectivity index (χ4v) is 3.56. The third-order valence-electron chi connectivity index (χ3n) is 3.99. The minimum atomic E-state index is -0.481. The van der Waals surface area contributed by atoms with Crippen molar-refractivity contribution in [3.8, 4) is 10.7 Å². The van der Waals surface area contributed by atoms with Crippen LogP contribution in [0.1, 0.15) is 33.4 Å². The number of nitrogens with zero attached hydrogens (tertiary/aromatic N) is 2. The number of pyridine rings is 1. The van der Waals surface area contributed by atoms with E-state index in [1.54, 1.807) is 13.1 Å². The number of aryl methyl sites for hydroxylation is 1. The van der Waals surface area contributed by atoms with E-state index in [9.17, 15) is 9.59 Å². The molecule has 3 aromatic rings. The first-order chi connectivity index (χ1) is 13.1. The minimum Gasteiger partial charge on any atom is -0.469 e. The van der Waals surface area contributed by atoms with Gasteiger partial charge in [0.2, 0.25) is 0 Å². The fraction of sp³-hybridized carbons (Fsp3) is 0.200. The third kappa shape index (κ3) is 4.57. The minimum absolute atomic E-state index is 0.0528. The second-order valence-corrected chi connectivity index (χ2v) is 6.86. The molecule has 3 rings (SSSR count). The fourth-order valence-electron chi connectivity index (χ4n) is 2.62. The van der Waals surface area contributed by atoms with Crippen LogP contribution in [0, 0.1) is 6.92 Å². The van der Waals surface area contributed by atoms with Crippen molar-refractivity contribution in [2.24, 2.45) is 0 Å². The molecule has 1 atom stereocenters. The molecule has 0 saturated heterocycles. The van der Waals surface area contributed by atoms with Crippen LogP contribution >= 0.6 is 11.3 Å². The lowest BCUT2D eigenvalue weighted by atomic mass is 10.0. The van der Waals surface area contributed by atoms with Crippen molar-refractivity contribution in [1.82, 2.24) is 15.3 Å². The number of benzene rings is 1. The quantitative estimate of drug-likeness (QED) is 0.661. The summed E-state index contributed by atoms with van der Waals surface area (Å²) in [5, 5.41) is 3.61. The van der Waals surface area contributed by atoms with E-state index < -0.39 is 6.04 Å². The number of rotatable bonds is 6. The summed E-state index contributed by atoms with van der Waals surface area (Å²) in [4.78, 5) is 33.9. The Labute approximate surface area is 161 Å². The van der Waals surface area contributed by atoms with Gasteiger partial charge >= 0.3 is 5.97 Å². The van der Waals surface area contributed by atoms with Crippen molar-refractivity contribution in [3.63, 3.8) is 0 Å². The van der Waals surface area contributed by atoms with Gasteiger partial charge in [-0.3, -0.25) is 14.6 Å². The molecule has 0 radical (unpaired) electrons. The van der Waals surface area contributed by atoms with Gasteiger partial charge in [0.25, 0.3) is 5.91 Å². The number of hydrogen-bond acceptors (Lipinski definition) is 6. The zero-order chi connectivity index (χ0) is 19.2. The Kier molecular flexibility index (Phi) is 5.93. The Morgan fingerprint density at radius 3 is 2.56 bits per heavy atom. The molecule has 1 N–H and O–H groups in total. The van der Waals surface area contributed by atoms with Crippen molar-refractivity contribution in [3.05, 3.63) is 70.9 Å². The van der Waals surface area contributed by atoms with E-state index >= 15 is 0 Å². The Morgan fingerprint density at radius 2 is 1.89 bits per heavy atom. The Balaban J connectivity index is 1.83. The molecule has 2 aromatic heterocycles. The van der Waals surface area contributed by atoms with Gasteiger partial charge < -0.3 is 10.1 Å². The Morgan fingerprint density at radius 1 is 1.15 bits per heavy atom. The van der Waals surface area contributed by atoms with Crippen LogP contribution in [0.2, 0.25) is 0 Å². The maximum absolute atomic E-state index is 12.9. The lowest BCUT2D eigenvalue weighted by molar-refractivity contribution is -0.141. The van der Waals surface area contributed by atoms with Gasteiger partial charge in [0, 0.05) is 6.20 Å². The maximum atomic E-state index is 12.9. The van der Waals surface area contributed by atoms with E-state index in [0.717, 1.165) is 11.3 Å². The average molecular weight is 381 g/mol. The molecule has 0 aliphatic rings. The molecule has 1 aromatic carbocycles. The molecule has 0 bridgehead atoms. The number of hydrogen-bond donors (Lipinski definition) is 1. The first kappa shape index (κ1) is 18.7. The summed E-state index contributed by atoms with van der Waals surface area (Å²) in [6.07, 6.45) is 1.74. The largest absolute Gasteiger partial charge is 0.469 e. The number of nitrogens with one attached hydrogen (secondary N) is 1. The first-order valence-corrected chi connectivity index (χ1v) is 9.21. The molecular formula is C20H19N3O3S. The molecule has 0 fully saturated rings. The SMILES string of the molecule is COC(=O)CC(NC(=O)c1sc(-c2ccccn2)nc1C)c1ccccc1. The standard InChI is InChI=1S/C20H19N3O3S/c1-13-18(27-20(22-13)15-10-6-7-11-21-15)19(25)23-16(12-17(24)26-2)14-8-4-3-5-9-14/h3-11,16H,12H2,1-2H3,(H,23,25). The Hall–Kier alpha value is -3.06. The van der Waals surface area contributed by atoms with Crippen molar-refractivity contribution in [1.29, 1.82) is 0 Å². The third-order valence-corrected chi connectivity index (χ3v) is 5.17. The van der Waals surface area contributed by atoms with Crippen LogP contribution in [-0.4, -0.2) is 29.0 Å². The summed E-state index contributed by atoms with van der Waals surface area (Å²) in [6.45, 7) is 1.79. The number of methoxy groups -OCH3 is 1. The maximum Gasteiger partial charge on any atom is 0.307 e. The summed E-state index contributed by atoms with van der Waals surface area (Å²) >= 11 is 1.28. The molecule has 138 valence electrons. The van der Waals surface area contributed by atoms with Crippen LogP contribution in [0.5, 0.6) is 0 Å². The van der Waals surface area contributed by atoms with Crippen molar-refractivity contribution in [2.75, 3.05) is 7.11 Å². The number of esters is 1. The number of ether oxygens (including phenoxy) is 1. The van der Waals surface area contributed by atoms with Crippen LogP contribution in [0.4, 0.5) is 0 Å². The monoisotopic (exact) mass is 381 g/mol. The number of carbonyl (C=O) groups excluding carboxylic acids is 2. The van der Waals surface area contributed by atoms with E-state index in [1.165, 1.54) is 18.4 Å². The number of thiazole rings is 1. The second-order valence-electron chi connectivity index (χ2n) is 5.87. The Bertz CT molecular complexity index is 926. The molecule has 7 heteroatoms. The number of aromatic nitrogens is 2. The van der Waals surface area contributed by atoms with Gasteiger partial charge in [0.1, 0.15) is 9.88 Å². The molecule has 0 aliphatic carbocycles. The van der Waals surface area contributed by atoms with Crippen molar-refractivity contribution in [2.45, 2.75) is 19.4 Å². The highest BCUT2D eigenvalue weighted by Gasteiger charge is 2.23. The van der Waals surface area contributed by atoms with Gasteiger partial charge in [-0.05, 0) is 24.6 Å². The lowest BCUT2D eigenvalue weighted by Crippen LogP contribution is -2.30. The van der Waals surface area contributed by atoms with Crippen LogP contribution in [0.15, 0.2) is 54.7 Å². The highest BCUT2D eigenvalue weighted by Crippen LogP contribution is 2.27. The molecule has 2 heterocycles. The molecule has 1 amide bonds. The highest BCUT2D eigenvalue weighted by atomic mass is 32.1. The van der Waals surface area contributed by atoms with Gasteiger partial charge in [-0.1, -0.05) is 36.4 Å². The topological polar surface area (TPSA) is 81.2 Å². The zero-order valence-corrected chi connectivity index (χ0v) is 15.8. The van der Waals surface area contributed by atoms with E-state index in [4.69, 9.17) is 4.74 Å². The van der Waals surface area contributed by atoms with Crippen molar-refractivity contribution >= 4 is 23.2 Å². The zero-order valence-electron chi connectivity index (χ0n) is 15.0. The molecule has 0 aliphatic heterocycles. The smallest absolute Gasteiger partial charge is 0.307 e. The van der Waals surface area contributed by atoms with Crippen molar-refractivity contribution < 1.29 is 14.3 Å². The van der Waals surface area contributed by atoms with Gasteiger partial charge in [0.05, 0.1) is 31.0 Å². The molecule has 27 heavy (non-hydrogen) atoms. The van der Waals surface area contributed by atoms with Crippen LogP contribution in [0.3, 0.4) is 0 Å². The summed E-state index contributed by atoms with van der Waals surface area (Å²) in [7, 11) is 1.33. The summed E-state index contributed by atoms with van der Waals surface area (Å²) in [6, 6.07) is 14.4. The summed E-state index contributed by atoms with van der Waals surface area (Å²) < 4.78 is 4.77. The second kappa shape index (κ2) is 8.55.